The molecular formula is C14H14BrN5O4S. The summed E-state index contributed by atoms with van der Waals surface area (Å²) < 4.78 is 27.5. The van der Waals surface area contributed by atoms with Crippen LogP contribution in [-0.4, -0.2) is 53.8 Å². The van der Waals surface area contributed by atoms with Gasteiger partial charge in [-0.05, 0) is 22.0 Å². The molecule has 1 saturated heterocycles. The highest BCUT2D eigenvalue weighted by Crippen LogP contribution is 2.27. The van der Waals surface area contributed by atoms with Crippen LogP contribution in [0.5, 0.6) is 0 Å². The summed E-state index contributed by atoms with van der Waals surface area (Å²) in [7, 11) is -3.93. The Morgan fingerprint density at radius 2 is 1.68 bits per heavy atom. The topological polar surface area (TPSA) is 110 Å². The van der Waals surface area contributed by atoms with Gasteiger partial charge in [-0.3, -0.25) is 10.1 Å². The van der Waals surface area contributed by atoms with Gasteiger partial charge in [-0.2, -0.15) is 4.31 Å². The highest BCUT2D eigenvalue weighted by atomic mass is 79.9. The predicted octanol–water partition coefficient (Wildman–Crippen LogP) is 1.66. The molecule has 9 nitrogen and oxygen atoms in total. The molecule has 0 saturated carbocycles. The van der Waals surface area contributed by atoms with Crippen molar-refractivity contribution in [1.82, 2.24) is 14.3 Å². The van der Waals surface area contributed by atoms with E-state index in [0.717, 1.165) is 4.47 Å². The summed E-state index contributed by atoms with van der Waals surface area (Å²) in [6, 6.07) is 5.38. The maximum atomic E-state index is 12.8. The fourth-order valence-electron chi connectivity index (χ4n) is 2.56. The molecule has 0 spiro atoms. The van der Waals surface area contributed by atoms with Crippen molar-refractivity contribution in [2.75, 3.05) is 31.1 Å². The summed E-state index contributed by atoms with van der Waals surface area (Å²) in [6.45, 7) is 1.21. The van der Waals surface area contributed by atoms with E-state index in [9.17, 15) is 18.5 Å². The highest BCUT2D eigenvalue weighted by Gasteiger charge is 2.33. The SMILES string of the molecule is O=[N+]([O-])c1ccccc1S(=O)(=O)N1CCN(c2ncc(Br)cn2)CC1. The third-order valence-corrected chi connectivity index (χ3v) is 6.16. The molecule has 0 N–H and O–H groups in total. The van der Waals surface area contributed by atoms with Crippen molar-refractivity contribution in [3.05, 3.63) is 51.2 Å². The molecule has 1 aromatic carbocycles. The number of aromatic nitrogens is 2. The third-order valence-electron chi connectivity index (χ3n) is 3.81. The highest BCUT2D eigenvalue weighted by molar-refractivity contribution is 9.10. The van der Waals surface area contributed by atoms with E-state index in [2.05, 4.69) is 25.9 Å². The Morgan fingerprint density at radius 1 is 1.08 bits per heavy atom. The minimum Gasteiger partial charge on any atom is -0.338 e. The molecule has 1 aliphatic heterocycles. The van der Waals surface area contributed by atoms with Crippen LogP contribution in [0.2, 0.25) is 0 Å². The molecule has 25 heavy (non-hydrogen) atoms. The first kappa shape index (κ1) is 17.7. The van der Waals surface area contributed by atoms with Crippen molar-refractivity contribution in [2.24, 2.45) is 0 Å². The number of anilines is 1. The Labute approximate surface area is 152 Å². The number of piperazine rings is 1. The lowest BCUT2D eigenvalue weighted by atomic mass is 10.3. The number of benzene rings is 1. The molecule has 0 aliphatic carbocycles. The zero-order valence-electron chi connectivity index (χ0n) is 12.9. The number of nitrogens with zero attached hydrogens (tertiary/aromatic N) is 5. The third kappa shape index (κ3) is 3.62. The van der Waals surface area contributed by atoms with Crippen LogP contribution in [0, 0.1) is 10.1 Å². The van der Waals surface area contributed by atoms with E-state index in [1.54, 1.807) is 12.4 Å². The van der Waals surface area contributed by atoms with Gasteiger partial charge in [-0.1, -0.05) is 12.1 Å². The summed E-state index contributed by atoms with van der Waals surface area (Å²) in [6.07, 6.45) is 3.25. The van der Waals surface area contributed by atoms with E-state index in [-0.39, 0.29) is 18.0 Å². The Bertz CT molecular complexity index is 882. The largest absolute Gasteiger partial charge is 0.338 e. The number of nitro groups is 1. The van der Waals surface area contributed by atoms with E-state index in [1.807, 2.05) is 4.90 Å². The van der Waals surface area contributed by atoms with E-state index in [0.29, 0.717) is 19.0 Å². The van der Waals surface area contributed by atoms with Gasteiger partial charge >= 0.3 is 0 Å². The summed E-state index contributed by atoms with van der Waals surface area (Å²) >= 11 is 3.26. The average molecular weight is 428 g/mol. The normalized spacial score (nSPS) is 16.0. The van der Waals surface area contributed by atoms with Crippen molar-refractivity contribution in [1.29, 1.82) is 0 Å². The van der Waals surface area contributed by atoms with Crippen LogP contribution in [0.3, 0.4) is 0 Å². The van der Waals surface area contributed by atoms with E-state index >= 15 is 0 Å². The average Bonchev–Trinajstić information content (AvgIpc) is 2.62. The zero-order chi connectivity index (χ0) is 18.0. The fourth-order valence-corrected chi connectivity index (χ4v) is 4.35. The van der Waals surface area contributed by atoms with Gasteiger partial charge in [0.15, 0.2) is 4.90 Å². The van der Waals surface area contributed by atoms with E-state index < -0.39 is 20.6 Å². The maximum Gasteiger partial charge on any atom is 0.289 e. The molecule has 132 valence electrons. The van der Waals surface area contributed by atoms with Crippen LogP contribution < -0.4 is 4.90 Å². The number of para-hydroxylation sites is 1. The molecular weight excluding hydrogens is 414 g/mol. The molecule has 0 amide bonds. The second-order valence-corrected chi connectivity index (χ2v) is 8.14. The molecule has 0 radical (unpaired) electrons. The summed E-state index contributed by atoms with van der Waals surface area (Å²) in [5.74, 6) is 0.519. The molecule has 0 unspecified atom stereocenters. The molecule has 2 aromatic rings. The van der Waals surface area contributed by atoms with Crippen LogP contribution >= 0.6 is 15.9 Å². The summed E-state index contributed by atoms with van der Waals surface area (Å²) in [5, 5.41) is 11.1. The first-order valence-electron chi connectivity index (χ1n) is 7.35. The molecule has 1 aliphatic rings. The maximum absolute atomic E-state index is 12.8. The lowest BCUT2D eigenvalue weighted by Crippen LogP contribution is -2.49. The number of hydrogen-bond donors (Lipinski definition) is 0. The number of rotatable bonds is 4. The molecule has 0 bridgehead atoms. The van der Waals surface area contributed by atoms with Crippen molar-refractivity contribution in [3.8, 4) is 0 Å². The minimum absolute atomic E-state index is 0.202. The quantitative estimate of drug-likeness (QED) is 0.538. The first-order valence-corrected chi connectivity index (χ1v) is 9.59. The number of hydrogen-bond acceptors (Lipinski definition) is 7. The molecule has 2 heterocycles. The van der Waals surface area contributed by atoms with Gasteiger partial charge in [0.1, 0.15) is 0 Å². The first-order chi connectivity index (χ1) is 11.9. The second-order valence-electron chi connectivity index (χ2n) is 5.32. The van der Waals surface area contributed by atoms with Gasteiger partial charge in [0.2, 0.25) is 16.0 Å². The van der Waals surface area contributed by atoms with Crippen LogP contribution in [0.4, 0.5) is 11.6 Å². The van der Waals surface area contributed by atoms with Crippen molar-refractivity contribution < 1.29 is 13.3 Å². The van der Waals surface area contributed by atoms with Gasteiger partial charge in [0, 0.05) is 44.6 Å². The van der Waals surface area contributed by atoms with E-state index in [4.69, 9.17) is 0 Å². The number of sulfonamides is 1. The number of halogens is 1. The second kappa shape index (κ2) is 7.02. The predicted molar refractivity (Wildman–Crippen MR) is 93.8 cm³/mol. The van der Waals surface area contributed by atoms with Gasteiger partial charge < -0.3 is 4.90 Å². The monoisotopic (exact) mass is 427 g/mol. The van der Waals surface area contributed by atoms with Gasteiger partial charge in [-0.15, -0.1) is 0 Å². The molecule has 0 atom stereocenters. The standard InChI is InChI=1S/C14H14BrN5O4S/c15-11-9-16-14(17-10-11)18-5-7-19(8-6-18)25(23,24)13-4-2-1-3-12(13)20(21)22/h1-4,9-10H,5-8H2. The van der Waals surface area contributed by atoms with E-state index in [1.165, 1.54) is 28.6 Å². The summed E-state index contributed by atoms with van der Waals surface area (Å²) in [5.41, 5.74) is -0.416. The fraction of sp³-hybridized carbons (Fsp3) is 0.286. The van der Waals surface area contributed by atoms with Crippen LogP contribution in [-0.2, 0) is 10.0 Å². The Hall–Kier alpha value is -2.11. The van der Waals surface area contributed by atoms with Gasteiger partial charge in [0.25, 0.3) is 5.69 Å². The van der Waals surface area contributed by atoms with Crippen LogP contribution in [0.15, 0.2) is 46.0 Å². The minimum atomic E-state index is -3.93. The zero-order valence-corrected chi connectivity index (χ0v) is 15.4. The molecule has 11 heteroatoms. The van der Waals surface area contributed by atoms with Crippen LogP contribution in [0.1, 0.15) is 0 Å². The molecule has 1 fully saturated rings. The smallest absolute Gasteiger partial charge is 0.289 e. The van der Waals surface area contributed by atoms with Gasteiger partial charge in [0.05, 0.1) is 9.40 Å². The molecule has 3 rings (SSSR count). The lowest BCUT2D eigenvalue weighted by molar-refractivity contribution is -0.387. The Morgan fingerprint density at radius 3 is 2.28 bits per heavy atom. The van der Waals surface area contributed by atoms with Crippen molar-refractivity contribution in [2.45, 2.75) is 4.90 Å². The van der Waals surface area contributed by atoms with Crippen molar-refractivity contribution in [3.63, 3.8) is 0 Å². The Balaban J connectivity index is 1.78. The summed E-state index contributed by atoms with van der Waals surface area (Å²) in [4.78, 5) is 20.4. The molecule has 1 aromatic heterocycles. The van der Waals surface area contributed by atoms with Crippen molar-refractivity contribution >= 4 is 37.6 Å². The van der Waals surface area contributed by atoms with Crippen LogP contribution in [0.25, 0.3) is 0 Å². The lowest BCUT2D eigenvalue weighted by Gasteiger charge is -2.33. The Kier molecular flexibility index (Phi) is 4.97. The van der Waals surface area contributed by atoms with Gasteiger partial charge in [-0.25, -0.2) is 18.4 Å². The number of nitro benzene ring substituents is 1.